The van der Waals surface area contributed by atoms with Gasteiger partial charge in [0.05, 0.1) is 12.6 Å². The molecule has 2 heterocycles. The third kappa shape index (κ3) is 4.88. The molecule has 0 aliphatic rings. The van der Waals surface area contributed by atoms with Gasteiger partial charge in [0.1, 0.15) is 6.04 Å². The summed E-state index contributed by atoms with van der Waals surface area (Å²) in [5, 5.41) is 5.20. The second-order valence-corrected chi connectivity index (χ2v) is 5.47. The van der Waals surface area contributed by atoms with Crippen molar-refractivity contribution in [2.75, 3.05) is 5.32 Å². The molecule has 0 spiro atoms. The molecule has 0 aliphatic heterocycles. The number of anilines is 1. The highest BCUT2D eigenvalue weighted by Gasteiger charge is 2.16. The first kappa shape index (κ1) is 16.0. The van der Waals surface area contributed by atoms with Crippen LogP contribution in [0, 0.1) is 0 Å². The van der Waals surface area contributed by atoms with Crippen molar-refractivity contribution in [3.63, 3.8) is 0 Å². The van der Waals surface area contributed by atoms with Crippen LogP contribution in [0.15, 0.2) is 41.5 Å². The largest absolute Gasteiger partial charge is 0.344 e. The van der Waals surface area contributed by atoms with Crippen molar-refractivity contribution in [3.05, 3.63) is 47.1 Å². The summed E-state index contributed by atoms with van der Waals surface area (Å²) in [6.07, 6.45) is 7.80. The van der Waals surface area contributed by atoms with Crippen LogP contribution in [-0.4, -0.2) is 32.8 Å². The Morgan fingerprint density at radius 1 is 1.23 bits per heavy atom. The Morgan fingerprint density at radius 3 is 2.73 bits per heavy atom. The molecular weight excluding hydrogens is 350 g/mol. The quantitative estimate of drug-likeness (QED) is 0.834. The number of carbonyl (C=O) groups is 2. The van der Waals surface area contributed by atoms with E-state index < -0.39 is 6.04 Å². The molecule has 0 bridgehead atoms. The summed E-state index contributed by atoms with van der Waals surface area (Å²) in [5.41, 5.74) is 0.758. The number of hydrogen-bond donors (Lipinski definition) is 2. The summed E-state index contributed by atoms with van der Waals surface area (Å²) in [6, 6.07) is 1.12. The van der Waals surface area contributed by atoms with Gasteiger partial charge in [0, 0.05) is 29.3 Å². The van der Waals surface area contributed by atoms with Crippen LogP contribution in [-0.2, 0) is 16.0 Å². The fraction of sp³-hybridized carbons (Fsp3) is 0.214. The number of pyridine rings is 1. The lowest BCUT2D eigenvalue weighted by atomic mass is 10.2. The maximum Gasteiger partial charge on any atom is 0.247 e. The standard InChI is InChI=1S/C14H14BrN5O2/c1-9(14(22)20-12-8-16-2-3-18-12)19-13(21)5-10-4-11(15)7-17-6-10/h2-4,6-9H,5H2,1H3,(H,19,21)(H,18,20,22). The van der Waals surface area contributed by atoms with E-state index in [2.05, 4.69) is 41.5 Å². The number of amides is 2. The van der Waals surface area contributed by atoms with Crippen molar-refractivity contribution < 1.29 is 9.59 Å². The van der Waals surface area contributed by atoms with Crippen LogP contribution in [0.3, 0.4) is 0 Å². The summed E-state index contributed by atoms with van der Waals surface area (Å²) in [5.74, 6) is -0.285. The van der Waals surface area contributed by atoms with Crippen molar-refractivity contribution in [2.45, 2.75) is 19.4 Å². The van der Waals surface area contributed by atoms with Gasteiger partial charge in [-0.15, -0.1) is 0 Å². The van der Waals surface area contributed by atoms with E-state index in [1.807, 2.05) is 0 Å². The smallest absolute Gasteiger partial charge is 0.247 e. The van der Waals surface area contributed by atoms with Crippen LogP contribution in [0.1, 0.15) is 12.5 Å². The molecule has 22 heavy (non-hydrogen) atoms. The zero-order valence-electron chi connectivity index (χ0n) is 11.8. The monoisotopic (exact) mass is 363 g/mol. The predicted molar refractivity (Wildman–Crippen MR) is 83.9 cm³/mol. The molecule has 114 valence electrons. The van der Waals surface area contributed by atoms with Gasteiger partial charge in [-0.3, -0.25) is 19.6 Å². The minimum absolute atomic E-state index is 0.148. The summed E-state index contributed by atoms with van der Waals surface area (Å²) >= 11 is 3.29. The number of hydrogen-bond acceptors (Lipinski definition) is 5. The zero-order valence-corrected chi connectivity index (χ0v) is 13.4. The van der Waals surface area contributed by atoms with E-state index in [1.54, 1.807) is 25.4 Å². The number of rotatable bonds is 5. The minimum atomic E-state index is -0.686. The lowest BCUT2D eigenvalue weighted by molar-refractivity contribution is -0.125. The average molecular weight is 364 g/mol. The Morgan fingerprint density at radius 2 is 2.05 bits per heavy atom. The number of halogens is 1. The molecule has 0 aromatic carbocycles. The van der Waals surface area contributed by atoms with Gasteiger partial charge in [-0.25, -0.2) is 4.98 Å². The van der Waals surface area contributed by atoms with E-state index in [-0.39, 0.29) is 18.2 Å². The van der Waals surface area contributed by atoms with Crippen LogP contribution >= 0.6 is 15.9 Å². The molecule has 0 saturated heterocycles. The molecule has 2 rings (SSSR count). The number of aromatic nitrogens is 3. The molecule has 0 aliphatic carbocycles. The lowest BCUT2D eigenvalue weighted by Gasteiger charge is -2.13. The maximum atomic E-state index is 11.9. The fourth-order valence-electron chi connectivity index (χ4n) is 1.69. The molecule has 0 saturated carbocycles. The lowest BCUT2D eigenvalue weighted by Crippen LogP contribution is -2.42. The summed E-state index contributed by atoms with van der Waals surface area (Å²) in [4.78, 5) is 35.6. The van der Waals surface area contributed by atoms with Crippen molar-refractivity contribution in [1.29, 1.82) is 0 Å². The maximum absolute atomic E-state index is 11.9. The molecule has 0 fully saturated rings. The highest BCUT2D eigenvalue weighted by Crippen LogP contribution is 2.10. The van der Waals surface area contributed by atoms with Crippen molar-refractivity contribution in [2.24, 2.45) is 0 Å². The average Bonchev–Trinajstić information content (AvgIpc) is 2.48. The van der Waals surface area contributed by atoms with Gasteiger partial charge in [-0.05, 0) is 34.5 Å². The van der Waals surface area contributed by atoms with Crippen LogP contribution in [0.5, 0.6) is 0 Å². The summed E-state index contributed by atoms with van der Waals surface area (Å²) < 4.78 is 0.797. The Balaban J connectivity index is 1.86. The van der Waals surface area contributed by atoms with Gasteiger partial charge in [0.15, 0.2) is 5.82 Å². The van der Waals surface area contributed by atoms with E-state index in [0.717, 1.165) is 10.0 Å². The van der Waals surface area contributed by atoms with Crippen molar-refractivity contribution >= 4 is 33.6 Å². The van der Waals surface area contributed by atoms with Gasteiger partial charge in [-0.1, -0.05) is 0 Å². The molecule has 2 aromatic heterocycles. The van der Waals surface area contributed by atoms with E-state index in [0.29, 0.717) is 5.82 Å². The fourth-order valence-corrected chi connectivity index (χ4v) is 2.11. The first-order valence-corrected chi connectivity index (χ1v) is 7.29. The van der Waals surface area contributed by atoms with Crippen molar-refractivity contribution in [1.82, 2.24) is 20.3 Å². The van der Waals surface area contributed by atoms with E-state index in [9.17, 15) is 9.59 Å². The van der Waals surface area contributed by atoms with Gasteiger partial charge in [-0.2, -0.15) is 0 Å². The Hall–Kier alpha value is -2.35. The zero-order chi connectivity index (χ0) is 15.9. The second-order valence-electron chi connectivity index (χ2n) is 4.56. The highest BCUT2D eigenvalue weighted by atomic mass is 79.9. The minimum Gasteiger partial charge on any atom is -0.344 e. The molecule has 2 amide bonds. The summed E-state index contributed by atoms with van der Waals surface area (Å²) in [7, 11) is 0. The number of carbonyl (C=O) groups excluding carboxylic acids is 2. The number of nitrogens with zero attached hydrogens (tertiary/aromatic N) is 3. The van der Waals surface area contributed by atoms with Crippen molar-refractivity contribution in [3.8, 4) is 0 Å². The molecule has 1 atom stereocenters. The Bertz CT molecular complexity index is 665. The first-order valence-electron chi connectivity index (χ1n) is 6.50. The molecule has 1 unspecified atom stereocenters. The van der Waals surface area contributed by atoms with Gasteiger partial charge in [0.25, 0.3) is 0 Å². The van der Waals surface area contributed by atoms with Crippen LogP contribution in [0.25, 0.3) is 0 Å². The second kappa shape index (κ2) is 7.60. The third-order valence-electron chi connectivity index (χ3n) is 2.71. The van der Waals surface area contributed by atoms with Crippen LogP contribution in [0.2, 0.25) is 0 Å². The molecule has 0 radical (unpaired) electrons. The van der Waals surface area contributed by atoms with Crippen LogP contribution < -0.4 is 10.6 Å². The van der Waals surface area contributed by atoms with Gasteiger partial charge < -0.3 is 10.6 Å². The molecule has 2 aromatic rings. The highest BCUT2D eigenvalue weighted by molar-refractivity contribution is 9.10. The van der Waals surface area contributed by atoms with Gasteiger partial charge in [0.2, 0.25) is 11.8 Å². The Kier molecular flexibility index (Phi) is 5.54. The third-order valence-corrected chi connectivity index (χ3v) is 3.15. The van der Waals surface area contributed by atoms with Crippen LogP contribution in [0.4, 0.5) is 5.82 Å². The molecule has 2 N–H and O–H groups in total. The molecular formula is C14H14BrN5O2. The van der Waals surface area contributed by atoms with E-state index >= 15 is 0 Å². The van der Waals surface area contributed by atoms with Gasteiger partial charge >= 0.3 is 0 Å². The Labute approximate surface area is 135 Å². The first-order chi connectivity index (χ1) is 10.5. The number of nitrogens with one attached hydrogen (secondary N) is 2. The SMILES string of the molecule is CC(NC(=O)Cc1cncc(Br)c1)C(=O)Nc1cnccn1. The topological polar surface area (TPSA) is 96.9 Å². The normalized spacial score (nSPS) is 11.5. The molecule has 7 nitrogen and oxygen atoms in total. The molecule has 8 heteroatoms. The van der Waals surface area contributed by atoms with E-state index in [4.69, 9.17) is 0 Å². The van der Waals surface area contributed by atoms with E-state index in [1.165, 1.54) is 18.6 Å². The predicted octanol–water partition coefficient (Wildman–Crippen LogP) is 1.32. The summed E-state index contributed by atoms with van der Waals surface area (Å²) in [6.45, 7) is 1.60.